The van der Waals surface area contributed by atoms with Crippen molar-refractivity contribution in [2.75, 3.05) is 11.5 Å². The molecule has 1 aliphatic rings. The highest BCUT2D eigenvalue weighted by Gasteiger charge is 2.18. The molecule has 1 N–H and O–H groups in total. The maximum Gasteiger partial charge on any atom is 0.373 e. The summed E-state index contributed by atoms with van der Waals surface area (Å²) in [6.45, 7) is 0. The molecule has 0 radical (unpaired) electrons. The van der Waals surface area contributed by atoms with Crippen molar-refractivity contribution in [1.29, 1.82) is 0 Å². The van der Waals surface area contributed by atoms with Crippen LogP contribution in [0.1, 0.15) is 29.3 Å². The minimum Gasteiger partial charge on any atom is -0.475 e. The Hall–Kier alpha value is -0.970. The molecule has 2 rings (SSSR count). The molecule has 0 saturated carbocycles. The fraction of sp³-hybridized carbons (Fsp3) is 0.600. The van der Waals surface area contributed by atoms with E-state index in [-0.39, 0.29) is 5.76 Å². The molecule has 0 aliphatic carbocycles. The summed E-state index contributed by atoms with van der Waals surface area (Å²) in [5, 5.41) is 8.67. The Balaban J connectivity index is 1.94. The second-order valence-corrected chi connectivity index (χ2v) is 4.91. The van der Waals surface area contributed by atoms with Gasteiger partial charge in [-0.05, 0) is 30.3 Å². The molecule has 1 aromatic rings. The van der Waals surface area contributed by atoms with Crippen molar-refractivity contribution in [2.45, 2.75) is 19.3 Å². The van der Waals surface area contributed by atoms with Crippen molar-refractivity contribution in [3.05, 3.63) is 17.8 Å². The van der Waals surface area contributed by atoms with Gasteiger partial charge in [-0.2, -0.15) is 11.8 Å². The molecule has 0 unspecified atom stereocenters. The highest BCUT2D eigenvalue weighted by Crippen LogP contribution is 2.25. The quantitative estimate of drug-likeness (QED) is 0.856. The first-order valence-electron chi connectivity index (χ1n) is 5.01. The number of aromatic carboxylic acids is 1. The molecule has 1 saturated heterocycles. The number of hydrogen-bond donors (Lipinski definition) is 1. The van der Waals surface area contributed by atoms with Crippen molar-refractivity contribution in [2.24, 2.45) is 5.92 Å². The maximum absolute atomic E-state index is 10.6. The number of hydrogen-bond acceptors (Lipinski definition) is 4. The van der Waals surface area contributed by atoms with Gasteiger partial charge in [0.25, 0.3) is 0 Å². The largest absolute Gasteiger partial charge is 0.475 e. The molecular weight excluding hydrogens is 214 g/mol. The second-order valence-electron chi connectivity index (χ2n) is 3.68. The van der Waals surface area contributed by atoms with Gasteiger partial charge in [-0.15, -0.1) is 0 Å². The molecule has 0 spiro atoms. The first-order valence-corrected chi connectivity index (χ1v) is 6.17. The molecule has 0 amide bonds. The van der Waals surface area contributed by atoms with Crippen molar-refractivity contribution in [3.63, 3.8) is 0 Å². The number of nitrogens with zero attached hydrogens (tertiary/aromatic N) is 1. The van der Waals surface area contributed by atoms with Crippen molar-refractivity contribution in [1.82, 2.24) is 4.98 Å². The summed E-state index contributed by atoms with van der Waals surface area (Å²) in [4.78, 5) is 14.5. The summed E-state index contributed by atoms with van der Waals surface area (Å²) in [5.74, 6) is 2.44. The predicted molar refractivity (Wildman–Crippen MR) is 57.2 cm³/mol. The molecule has 0 atom stereocenters. The van der Waals surface area contributed by atoms with Crippen molar-refractivity contribution >= 4 is 17.7 Å². The van der Waals surface area contributed by atoms with E-state index in [2.05, 4.69) is 4.98 Å². The Labute approximate surface area is 92.1 Å². The molecule has 1 aromatic heterocycles. The van der Waals surface area contributed by atoms with Gasteiger partial charge in [0.1, 0.15) is 0 Å². The van der Waals surface area contributed by atoms with E-state index in [0.717, 1.165) is 6.42 Å². The first kappa shape index (κ1) is 10.5. The smallest absolute Gasteiger partial charge is 0.373 e. The van der Waals surface area contributed by atoms with Crippen LogP contribution >= 0.6 is 11.8 Å². The van der Waals surface area contributed by atoms with E-state index in [1.807, 2.05) is 11.8 Å². The van der Waals surface area contributed by atoms with Crippen LogP contribution in [0.3, 0.4) is 0 Å². The van der Waals surface area contributed by atoms with Crippen LogP contribution in [0, 0.1) is 5.92 Å². The zero-order valence-corrected chi connectivity index (χ0v) is 9.13. The van der Waals surface area contributed by atoms with Gasteiger partial charge >= 0.3 is 5.97 Å². The minimum atomic E-state index is -1.05. The second kappa shape index (κ2) is 4.70. The number of oxazole rings is 1. The first-order chi connectivity index (χ1) is 7.25. The molecule has 82 valence electrons. The van der Waals surface area contributed by atoms with Gasteiger partial charge in [0.15, 0.2) is 5.89 Å². The lowest BCUT2D eigenvalue weighted by molar-refractivity contribution is 0.0660. The number of carboxylic acid groups (broad SMARTS) is 1. The van der Waals surface area contributed by atoms with Crippen LogP contribution in [0.5, 0.6) is 0 Å². The van der Waals surface area contributed by atoms with Crippen LogP contribution in [0.4, 0.5) is 0 Å². The topological polar surface area (TPSA) is 63.3 Å². The third-order valence-electron chi connectivity index (χ3n) is 2.57. The summed E-state index contributed by atoms with van der Waals surface area (Å²) in [5.41, 5.74) is 0. The fourth-order valence-electron chi connectivity index (χ4n) is 1.70. The molecule has 15 heavy (non-hydrogen) atoms. The highest BCUT2D eigenvalue weighted by atomic mass is 32.2. The summed E-state index contributed by atoms with van der Waals surface area (Å²) >= 11 is 1.97. The van der Waals surface area contributed by atoms with Gasteiger partial charge in [0.05, 0.1) is 6.20 Å². The van der Waals surface area contributed by atoms with E-state index in [0.29, 0.717) is 11.8 Å². The molecule has 0 bridgehead atoms. The van der Waals surface area contributed by atoms with Crippen molar-refractivity contribution in [3.8, 4) is 0 Å². The van der Waals surface area contributed by atoms with Gasteiger partial charge in [-0.1, -0.05) is 0 Å². The lowest BCUT2D eigenvalue weighted by Gasteiger charge is -2.19. The average molecular weight is 227 g/mol. The standard InChI is InChI=1S/C10H13NO3S/c12-10(13)8-6-11-9(14-8)5-7-1-3-15-4-2-7/h6-7H,1-5H2,(H,12,13). The normalized spacial score (nSPS) is 17.9. The molecule has 2 heterocycles. The molecular formula is C10H13NO3S. The number of carbonyl (C=O) groups is 1. The maximum atomic E-state index is 10.6. The van der Waals surface area contributed by atoms with Crippen LogP contribution in [-0.2, 0) is 6.42 Å². The van der Waals surface area contributed by atoms with E-state index >= 15 is 0 Å². The van der Waals surface area contributed by atoms with Crippen molar-refractivity contribution < 1.29 is 14.3 Å². The third-order valence-corrected chi connectivity index (χ3v) is 3.62. The van der Waals surface area contributed by atoms with Gasteiger partial charge in [-0.3, -0.25) is 0 Å². The summed E-state index contributed by atoms with van der Waals surface area (Å²) in [7, 11) is 0. The molecule has 5 heteroatoms. The summed E-state index contributed by atoms with van der Waals surface area (Å²) in [6.07, 6.45) is 4.41. The van der Waals surface area contributed by atoms with Gasteiger partial charge < -0.3 is 9.52 Å². The van der Waals surface area contributed by atoms with E-state index in [1.165, 1.54) is 30.5 Å². The lowest BCUT2D eigenvalue weighted by atomic mass is 9.99. The predicted octanol–water partition coefficient (Wildman–Crippen LogP) is 2.06. The number of thioether (sulfide) groups is 1. The number of carboxylic acids is 1. The Morgan fingerprint density at radius 1 is 1.60 bits per heavy atom. The van der Waals surface area contributed by atoms with E-state index < -0.39 is 5.97 Å². The van der Waals surface area contributed by atoms with Crippen LogP contribution in [-0.4, -0.2) is 27.6 Å². The monoisotopic (exact) mass is 227 g/mol. The molecule has 4 nitrogen and oxygen atoms in total. The zero-order chi connectivity index (χ0) is 10.7. The van der Waals surface area contributed by atoms with Crippen LogP contribution in [0.25, 0.3) is 0 Å². The SMILES string of the molecule is O=C(O)c1cnc(CC2CCSCC2)o1. The summed E-state index contributed by atoms with van der Waals surface area (Å²) in [6, 6.07) is 0. The van der Waals surface area contributed by atoms with E-state index in [9.17, 15) is 4.79 Å². The van der Waals surface area contributed by atoms with Crippen LogP contribution in [0.15, 0.2) is 10.6 Å². The number of rotatable bonds is 3. The molecule has 1 aliphatic heterocycles. The molecule has 1 fully saturated rings. The lowest BCUT2D eigenvalue weighted by Crippen LogP contribution is -2.12. The number of aromatic nitrogens is 1. The molecule has 0 aromatic carbocycles. The highest BCUT2D eigenvalue weighted by molar-refractivity contribution is 7.99. The van der Waals surface area contributed by atoms with Crippen LogP contribution < -0.4 is 0 Å². The fourth-order valence-corrected chi connectivity index (χ4v) is 2.91. The third kappa shape index (κ3) is 2.75. The minimum absolute atomic E-state index is 0.0600. The Kier molecular flexibility index (Phi) is 3.30. The average Bonchev–Trinajstić information content (AvgIpc) is 2.68. The Bertz CT molecular complexity index is 344. The summed E-state index contributed by atoms with van der Waals surface area (Å²) < 4.78 is 5.13. The Morgan fingerprint density at radius 2 is 2.33 bits per heavy atom. The van der Waals surface area contributed by atoms with E-state index in [4.69, 9.17) is 9.52 Å². The van der Waals surface area contributed by atoms with E-state index in [1.54, 1.807) is 0 Å². The van der Waals surface area contributed by atoms with Crippen LogP contribution in [0.2, 0.25) is 0 Å². The van der Waals surface area contributed by atoms with Gasteiger partial charge in [0.2, 0.25) is 5.76 Å². The zero-order valence-electron chi connectivity index (χ0n) is 8.31. The van der Waals surface area contributed by atoms with Gasteiger partial charge in [-0.25, -0.2) is 9.78 Å². The Morgan fingerprint density at radius 3 is 2.93 bits per heavy atom. The van der Waals surface area contributed by atoms with Gasteiger partial charge in [0, 0.05) is 6.42 Å².